The highest BCUT2D eigenvalue weighted by Gasteiger charge is 2.55. The van der Waals surface area contributed by atoms with Crippen molar-refractivity contribution < 1.29 is 13.9 Å². The third-order valence-electron chi connectivity index (χ3n) is 3.23. The van der Waals surface area contributed by atoms with E-state index in [4.69, 9.17) is 4.52 Å². The lowest BCUT2D eigenvalue weighted by Gasteiger charge is -2.38. The molecule has 0 aliphatic carbocycles. The van der Waals surface area contributed by atoms with Crippen LogP contribution in [-0.4, -0.2) is 41.1 Å². The first kappa shape index (κ1) is 15.6. The minimum atomic E-state index is -3.22. The molecule has 2 heterocycles. The Hall–Kier alpha value is 0.190. The average Bonchev–Trinajstić information content (AvgIpc) is 2.85. The molecule has 5 nitrogen and oxygen atoms in total. The van der Waals surface area contributed by atoms with Crippen molar-refractivity contribution in [2.24, 2.45) is 4.99 Å². The van der Waals surface area contributed by atoms with Gasteiger partial charge in [0, 0.05) is 23.7 Å². The molecule has 0 bridgehead atoms. The van der Waals surface area contributed by atoms with Crippen LogP contribution in [-0.2, 0) is 13.9 Å². The van der Waals surface area contributed by atoms with Gasteiger partial charge in [0.1, 0.15) is 0 Å². The number of carbonyl (C=O) groups is 1. The van der Waals surface area contributed by atoms with Crippen LogP contribution in [0.4, 0.5) is 0 Å². The Morgan fingerprint density at radius 2 is 2.37 bits per heavy atom. The largest absolute Gasteiger partial charge is 0.316 e. The van der Waals surface area contributed by atoms with Gasteiger partial charge in [0.25, 0.3) is 0 Å². The van der Waals surface area contributed by atoms with Crippen molar-refractivity contribution in [1.29, 1.82) is 0 Å². The van der Waals surface area contributed by atoms with Gasteiger partial charge in [-0.1, -0.05) is 31.9 Å². The van der Waals surface area contributed by atoms with E-state index in [1.165, 1.54) is 0 Å². The van der Waals surface area contributed by atoms with Crippen molar-refractivity contribution in [3.63, 3.8) is 0 Å². The van der Waals surface area contributed by atoms with Gasteiger partial charge in [-0.2, -0.15) is 0 Å². The highest BCUT2D eigenvalue weighted by atomic mass is 79.9. The molecule has 2 unspecified atom stereocenters. The number of alkyl halides is 2. The number of rotatable bonds is 5. The zero-order valence-electron chi connectivity index (χ0n) is 10.3. The van der Waals surface area contributed by atoms with Crippen molar-refractivity contribution in [2.45, 2.75) is 18.1 Å². The fourth-order valence-corrected chi connectivity index (χ4v) is 6.04. The molecule has 1 fully saturated rings. The summed E-state index contributed by atoms with van der Waals surface area (Å²) in [6, 6.07) is 0. The lowest BCUT2D eigenvalue weighted by Crippen LogP contribution is -2.40. The van der Waals surface area contributed by atoms with Crippen LogP contribution < -0.4 is 5.09 Å². The third kappa shape index (κ3) is 2.68. The number of ketones is 1. The van der Waals surface area contributed by atoms with Crippen molar-refractivity contribution in [3.8, 4) is 0 Å². The first-order chi connectivity index (χ1) is 9.09. The Labute approximate surface area is 129 Å². The molecule has 19 heavy (non-hydrogen) atoms. The number of Topliss-reactive ketones (excluding diaryl/α,β-unsaturated/α-hetero) is 1. The third-order valence-corrected chi connectivity index (χ3v) is 6.87. The summed E-state index contributed by atoms with van der Waals surface area (Å²) >= 11 is 6.52. The predicted octanol–water partition coefficient (Wildman–Crippen LogP) is 2.65. The van der Waals surface area contributed by atoms with E-state index in [2.05, 4.69) is 41.9 Å². The van der Waals surface area contributed by atoms with Gasteiger partial charge in [-0.05, 0) is 18.9 Å². The van der Waals surface area contributed by atoms with E-state index in [0.29, 0.717) is 30.5 Å². The topological polar surface area (TPSA) is 67.8 Å². The number of carbonyl (C=O) groups excluding carboxylic acids is 1. The second-order valence-corrected chi connectivity index (χ2v) is 8.09. The summed E-state index contributed by atoms with van der Waals surface area (Å²) in [5.41, 5.74) is 0.460. The first-order valence-corrected chi connectivity index (χ1v) is 9.87. The van der Waals surface area contributed by atoms with E-state index in [1.807, 2.05) is 0 Å². The number of halogens is 2. The molecule has 0 spiro atoms. The molecule has 0 aromatic heterocycles. The Balaban J connectivity index is 2.43. The van der Waals surface area contributed by atoms with Crippen molar-refractivity contribution >= 4 is 51.4 Å². The molecule has 8 heteroatoms. The van der Waals surface area contributed by atoms with Crippen LogP contribution in [0.3, 0.4) is 0 Å². The number of hydrogen-bond acceptors (Lipinski definition) is 4. The minimum Gasteiger partial charge on any atom is -0.316 e. The maximum Gasteiger partial charge on any atom is 0.301 e. The lowest BCUT2D eigenvalue weighted by atomic mass is 10.0. The van der Waals surface area contributed by atoms with Gasteiger partial charge in [0.05, 0.1) is 11.9 Å². The van der Waals surface area contributed by atoms with Crippen LogP contribution in [0.5, 0.6) is 0 Å². The SMILES string of the molecule is O=C(CBr)C1=CC=NC1(CCBr)P1(=O)NCCCO1. The van der Waals surface area contributed by atoms with E-state index in [-0.39, 0.29) is 11.1 Å². The summed E-state index contributed by atoms with van der Waals surface area (Å²) in [4.78, 5) is 16.4. The van der Waals surface area contributed by atoms with Crippen LogP contribution in [0, 0.1) is 0 Å². The smallest absolute Gasteiger partial charge is 0.301 e. The number of aliphatic imine (C=N–C) groups is 1. The quantitative estimate of drug-likeness (QED) is 0.555. The fourth-order valence-electron chi connectivity index (χ4n) is 2.31. The van der Waals surface area contributed by atoms with Gasteiger partial charge in [0.2, 0.25) is 0 Å². The monoisotopic (exact) mass is 412 g/mol. The Morgan fingerprint density at radius 3 is 2.95 bits per heavy atom. The summed E-state index contributed by atoms with van der Waals surface area (Å²) in [6.45, 7) is 1.05. The normalized spacial score (nSPS) is 34.3. The molecular weight excluding hydrogens is 399 g/mol. The first-order valence-electron chi connectivity index (χ1n) is 6.00. The fraction of sp³-hybridized carbons (Fsp3) is 0.636. The maximum absolute atomic E-state index is 13.1. The second kappa shape index (κ2) is 6.31. The molecule has 0 aromatic carbocycles. The molecule has 0 aromatic rings. The van der Waals surface area contributed by atoms with Crippen LogP contribution in [0.25, 0.3) is 0 Å². The van der Waals surface area contributed by atoms with Gasteiger partial charge in [-0.15, -0.1) is 0 Å². The predicted molar refractivity (Wildman–Crippen MR) is 82.7 cm³/mol. The number of nitrogens with zero attached hydrogens (tertiary/aromatic N) is 1. The molecule has 106 valence electrons. The number of nitrogens with one attached hydrogen (secondary N) is 1. The van der Waals surface area contributed by atoms with Gasteiger partial charge < -0.3 is 4.52 Å². The maximum atomic E-state index is 13.1. The molecule has 2 atom stereocenters. The Morgan fingerprint density at radius 1 is 1.58 bits per heavy atom. The van der Waals surface area contributed by atoms with Crippen molar-refractivity contribution in [1.82, 2.24) is 5.09 Å². The zero-order valence-corrected chi connectivity index (χ0v) is 14.3. The van der Waals surface area contributed by atoms with Crippen molar-refractivity contribution in [3.05, 3.63) is 11.6 Å². The lowest BCUT2D eigenvalue weighted by molar-refractivity contribution is -0.113. The van der Waals surface area contributed by atoms with E-state index < -0.39 is 12.8 Å². The molecule has 0 radical (unpaired) electrons. The molecule has 0 amide bonds. The van der Waals surface area contributed by atoms with E-state index in [9.17, 15) is 9.36 Å². The van der Waals surface area contributed by atoms with Crippen LogP contribution in [0.2, 0.25) is 0 Å². The highest BCUT2D eigenvalue weighted by Crippen LogP contribution is 2.63. The Bertz CT molecular complexity index is 471. The van der Waals surface area contributed by atoms with E-state index in [0.717, 1.165) is 6.42 Å². The van der Waals surface area contributed by atoms with E-state index in [1.54, 1.807) is 12.3 Å². The minimum absolute atomic E-state index is 0.107. The van der Waals surface area contributed by atoms with Gasteiger partial charge in [-0.3, -0.25) is 14.4 Å². The van der Waals surface area contributed by atoms with Crippen LogP contribution in [0.15, 0.2) is 16.6 Å². The van der Waals surface area contributed by atoms with Crippen molar-refractivity contribution in [2.75, 3.05) is 23.8 Å². The molecular formula is C11H15Br2N2O3P. The molecule has 1 N–H and O–H groups in total. The summed E-state index contributed by atoms with van der Waals surface area (Å²) in [5, 5.41) is 2.66. The number of allylic oxidation sites excluding steroid dienone is 1. The summed E-state index contributed by atoms with van der Waals surface area (Å²) in [6.07, 6.45) is 4.46. The standard InChI is InChI=1S/C11H15Br2N2O3P/c12-4-3-11(19(17)15-5-1-7-18-19)9(2-6-14-11)10(16)8-13/h2,6H,1,3-5,7-8H2,(H,15,17). The van der Waals surface area contributed by atoms with Gasteiger partial charge in [-0.25, -0.2) is 5.09 Å². The summed E-state index contributed by atoms with van der Waals surface area (Å²) < 4.78 is 18.6. The Kier molecular flexibility index (Phi) is 5.17. The molecule has 2 aliphatic rings. The summed E-state index contributed by atoms with van der Waals surface area (Å²) in [7, 11) is -3.22. The van der Waals surface area contributed by atoms with E-state index >= 15 is 0 Å². The van der Waals surface area contributed by atoms with Crippen LogP contribution in [0.1, 0.15) is 12.8 Å². The molecule has 2 rings (SSSR count). The summed E-state index contributed by atoms with van der Waals surface area (Å²) in [5.74, 6) is -0.107. The average molecular weight is 414 g/mol. The highest BCUT2D eigenvalue weighted by molar-refractivity contribution is 9.09. The van der Waals surface area contributed by atoms with Crippen LogP contribution >= 0.6 is 39.4 Å². The zero-order chi connectivity index (χ0) is 13.9. The molecule has 0 saturated carbocycles. The van der Waals surface area contributed by atoms with Gasteiger partial charge >= 0.3 is 7.52 Å². The van der Waals surface area contributed by atoms with Gasteiger partial charge in [0.15, 0.2) is 11.1 Å². The molecule has 1 saturated heterocycles. The number of hydrogen-bond donors (Lipinski definition) is 1. The molecule has 2 aliphatic heterocycles. The second-order valence-electron chi connectivity index (χ2n) is 4.32.